The maximum Gasteiger partial charge on any atom is 0.262 e. The van der Waals surface area contributed by atoms with Gasteiger partial charge < -0.3 is 9.47 Å². The van der Waals surface area contributed by atoms with Crippen LogP contribution in [0.25, 0.3) is 16.9 Å². The van der Waals surface area contributed by atoms with Crippen LogP contribution in [-0.4, -0.2) is 42.4 Å². The maximum absolute atomic E-state index is 12.9. The molecule has 0 spiro atoms. The van der Waals surface area contributed by atoms with Gasteiger partial charge in [0.2, 0.25) is 0 Å². The van der Waals surface area contributed by atoms with Gasteiger partial charge >= 0.3 is 0 Å². The molecule has 0 radical (unpaired) electrons. The summed E-state index contributed by atoms with van der Waals surface area (Å²) in [5.74, 6) is 1.44. The minimum Gasteiger partial charge on any atom is -0.493 e. The van der Waals surface area contributed by atoms with Crippen LogP contribution in [0, 0.1) is 6.92 Å². The first-order valence-corrected chi connectivity index (χ1v) is 10.4. The average molecular weight is 425 g/mol. The number of aromatic nitrogens is 4. The fraction of sp³-hybridized carbons (Fsp3) is 0.150. The van der Waals surface area contributed by atoms with E-state index in [0.717, 1.165) is 5.56 Å². The Hall–Kier alpha value is -3.66. The van der Waals surface area contributed by atoms with Gasteiger partial charge in [0.1, 0.15) is 0 Å². The summed E-state index contributed by atoms with van der Waals surface area (Å²) in [6, 6.07) is 15.0. The first-order chi connectivity index (χ1) is 14.4. The molecule has 0 atom stereocenters. The molecule has 0 bridgehead atoms. The van der Waals surface area contributed by atoms with Gasteiger partial charge in [0, 0.05) is 17.3 Å². The van der Waals surface area contributed by atoms with Crippen molar-refractivity contribution in [1.29, 1.82) is 0 Å². The Morgan fingerprint density at radius 3 is 2.50 bits per heavy atom. The van der Waals surface area contributed by atoms with Crippen molar-refractivity contribution in [2.24, 2.45) is 0 Å². The van der Waals surface area contributed by atoms with Crippen molar-refractivity contribution < 1.29 is 17.9 Å². The highest BCUT2D eigenvalue weighted by atomic mass is 32.2. The molecule has 0 aliphatic rings. The molecule has 4 aromatic rings. The zero-order valence-electron chi connectivity index (χ0n) is 16.5. The van der Waals surface area contributed by atoms with Crippen LogP contribution in [0.15, 0.2) is 59.5 Å². The highest BCUT2D eigenvalue weighted by Gasteiger charge is 2.18. The average Bonchev–Trinajstić information content (AvgIpc) is 3.13. The minimum atomic E-state index is -3.83. The van der Waals surface area contributed by atoms with E-state index in [9.17, 15) is 8.42 Å². The number of fused-ring (bicyclic) bond motifs is 1. The molecule has 30 heavy (non-hydrogen) atoms. The molecule has 2 aromatic heterocycles. The van der Waals surface area contributed by atoms with Gasteiger partial charge in [-0.2, -0.15) is 9.61 Å². The Morgan fingerprint density at radius 1 is 0.933 bits per heavy atom. The van der Waals surface area contributed by atoms with Gasteiger partial charge in [-0.1, -0.05) is 12.1 Å². The van der Waals surface area contributed by atoms with E-state index in [1.54, 1.807) is 28.8 Å². The molecule has 0 saturated carbocycles. The van der Waals surface area contributed by atoms with E-state index in [2.05, 4.69) is 20.0 Å². The topological polar surface area (TPSA) is 108 Å². The molecule has 154 valence electrons. The van der Waals surface area contributed by atoms with Gasteiger partial charge in [-0.25, -0.2) is 8.42 Å². The lowest BCUT2D eigenvalue weighted by Gasteiger charge is -2.12. The third kappa shape index (κ3) is 3.64. The number of nitrogens with zero attached hydrogens (tertiary/aromatic N) is 4. The Balaban J connectivity index is 1.66. The van der Waals surface area contributed by atoms with Gasteiger partial charge in [-0.3, -0.25) is 4.72 Å². The molecule has 0 amide bonds. The predicted molar refractivity (Wildman–Crippen MR) is 111 cm³/mol. The van der Waals surface area contributed by atoms with E-state index in [1.165, 1.54) is 26.4 Å². The van der Waals surface area contributed by atoms with E-state index in [-0.39, 0.29) is 4.90 Å². The van der Waals surface area contributed by atoms with E-state index in [0.29, 0.717) is 34.4 Å². The van der Waals surface area contributed by atoms with Crippen LogP contribution in [0.1, 0.15) is 5.82 Å². The maximum atomic E-state index is 12.9. The molecule has 0 fully saturated rings. The lowest BCUT2D eigenvalue weighted by Crippen LogP contribution is -2.13. The smallest absolute Gasteiger partial charge is 0.262 e. The second-order valence-electron chi connectivity index (χ2n) is 6.44. The van der Waals surface area contributed by atoms with Crippen LogP contribution < -0.4 is 14.2 Å². The number of methoxy groups -OCH3 is 2. The SMILES string of the molecule is COc1ccc(S(=O)(=O)Nc2cccc(-c3ccc4nnc(C)n4n3)c2)cc1OC. The molecular formula is C20H19N5O4S. The summed E-state index contributed by atoms with van der Waals surface area (Å²) in [5, 5.41) is 12.5. The van der Waals surface area contributed by atoms with E-state index < -0.39 is 10.0 Å². The second kappa shape index (κ2) is 7.64. The van der Waals surface area contributed by atoms with Gasteiger partial charge in [-0.15, -0.1) is 10.2 Å². The highest BCUT2D eigenvalue weighted by Crippen LogP contribution is 2.30. The number of nitrogens with one attached hydrogen (secondary N) is 1. The van der Waals surface area contributed by atoms with Gasteiger partial charge in [0.15, 0.2) is 23.0 Å². The zero-order chi connectivity index (χ0) is 21.3. The number of rotatable bonds is 6. The molecule has 0 unspecified atom stereocenters. The Morgan fingerprint density at radius 2 is 1.73 bits per heavy atom. The number of sulfonamides is 1. The molecule has 10 heteroatoms. The summed E-state index contributed by atoms with van der Waals surface area (Å²) in [7, 11) is -0.894. The van der Waals surface area contributed by atoms with Crippen LogP contribution >= 0.6 is 0 Å². The lowest BCUT2D eigenvalue weighted by molar-refractivity contribution is 0.354. The van der Waals surface area contributed by atoms with Crippen LogP contribution in [0.3, 0.4) is 0 Å². The van der Waals surface area contributed by atoms with Crippen molar-refractivity contribution in [3.05, 3.63) is 60.4 Å². The van der Waals surface area contributed by atoms with Crippen LogP contribution in [0.2, 0.25) is 0 Å². The summed E-state index contributed by atoms with van der Waals surface area (Å²) in [5.41, 5.74) is 2.46. The van der Waals surface area contributed by atoms with Gasteiger partial charge in [0.25, 0.3) is 10.0 Å². The van der Waals surface area contributed by atoms with Gasteiger partial charge in [0.05, 0.1) is 24.8 Å². The number of aryl methyl sites for hydroxylation is 1. The van der Waals surface area contributed by atoms with E-state index >= 15 is 0 Å². The first kappa shape index (κ1) is 19.6. The Bertz CT molecular complexity index is 1330. The van der Waals surface area contributed by atoms with Crippen molar-refractivity contribution in [3.63, 3.8) is 0 Å². The summed E-state index contributed by atoms with van der Waals surface area (Å²) in [4.78, 5) is 0.0604. The normalized spacial score (nSPS) is 11.4. The quantitative estimate of drug-likeness (QED) is 0.506. The number of benzene rings is 2. The predicted octanol–water partition coefficient (Wildman–Crippen LogP) is 2.92. The molecule has 9 nitrogen and oxygen atoms in total. The van der Waals surface area contributed by atoms with Crippen molar-refractivity contribution >= 4 is 21.4 Å². The fourth-order valence-corrected chi connectivity index (χ4v) is 4.05. The molecule has 0 saturated heterocycles. The van der Waals surface area contributed by atoms with Crippen LogP contribution in [0.5, 0.6) is 11.5 Å². The van der Waals surface area contributed by atoms with Gasteiger partial charge in [-0.05, 0) is 43.3 Å². The van der Waals surface area contributed by atoms with Crippen molar-refractivity contribution in [2.75, 3.05) is 18.9 Å². The minimum absolute atomic E-state index is 0.0604. The number of anilines is 1. The standard InChI is InChI=1S/C20H19N5O4S/c1-13-21-22-20-10-8-17(23-25(13)20)14-5-4-6-15(11-14)24-30(26,27)16-7-9-18(28-2)19(12-16)29-3/h4-12,24H,1-3H3. The fourth-order valence-electron chi connectivity index (χ4n) is 2.99. The zero-order valence-corrected chi connectivity index (χ0v) is 17.3. The third-order valence-electron chi connectivity index (χ3n) is 4.49. The molecule has 4 rings (SSSR count). The molecule has 1 N–H and O–H groups in total. The summed E-state index contributed by atoms with van der Waals surface area (Å²) in [6.45, 7) is 1.81. The largest absolute Gasteiger partial charge is 0.493 e. The Kier molecular flexibility index (Phi) is 5.00. The monoisotopic (exact) mass is 425 g/mol. The Labute approximate surface area is 173 Å². The molecule has 0 aliphatic carbocycles. The molecular weight excluding hydrogens is 406 g/mol. The summed E-state index contributed by atoms with van der Waals surface area (Å²) >= 11 is 0. The number of hydrogen-bond donors (Lipinski definition) is 1. The van der Waals surface area contributed by atoms with E-state index in [1.807, 2.05) is 25.1 Å². The molecule has 0 aliphatic heterocycles. The highest BCUT2D eigenvalue weighted by molar-refractivity contribution is 7.92. The molecule has 2 aromatic carbocycles. The van der Waals surface area contributed by atoms with Crippen LogP contribution in [-0.2, 0) is 10.0 Å². The summed E-state index contributed by atoms with van der Waals surface area (Å²) < 4.78 is 40.3. The third-order valence-corrected chi connectivity index (χ3v) is 5.87. The summed E-state index contributed by atoms with van der Waals surface area (Å²) in [6.07, 6.45) is 0. The number of hydrogen-bond acceptors (Lipinski definition) is 7. The van der Waals surface area contributed by atoms with Crippen molar-refractivity contribution in [1.82, 2.24) is 19.8 Å². The number of ether oxygens (including phenoxy) is 2. The van der Waals surface area contributed by atoms with Crippen LogP contribution in [0.4, 0.5) is 5.69 Å². The van der Waals surface area contributed by atoms with Crippen molar-refractivity contribution in [2.45, 2.75) is 11.8 Å². The second-order valence-corrected chi connectivity index (χ2v) is 8.12. The first-order valence-electron chi connectivity index (χ1n) is 8.95. The van der Waals surface area contributed by atoms with E-state index in [4.69, 9.17) is 9.47 Å². The van der Waals surface area contributed by atoms with Crippen molar-refractivity contribution in [3.8, 4) is 22.8 Å². The molecule has 2 heterocycles. The lowest BCUT2D eigenvalue weighted by atomic mass is 10.1.